The fraction of sp³-hybridized carbons (Fsp3) is 0.214. The van der Waals surface area contributed by atoms with Crippen molar-refractivity contribution in [2.75, 3.05) is 5.32 Å². The zero-order valence-electron chi connectivity index (χ0n) is 10.5. The normalized spacial score (nSPS) is 14.8. The standard InChI is InChI=1S/C14H12FN3O2/c15-11-8-12(18(19)20)10-6-3-7-16-13(10)14(11)17-9-4-1-2-5-9/h1-3,6-9,17H,4-5H2. The van der Waals surface area contributed by atoms with Crippen molar-refractivity contribution in [1.82, 2.24) is 4.98 Å². The molecule has 102 valence electrons. The van der Waals surface area contributed by atoms with Gasteiger partial charge in [-0.25, -0.2) is 4.39 Å². The van der Waals surface area contributed by atoms with Crippen molar-refractivity contribution in [2.24, 2.45) is 0 Å². The summed E-state index contributed by atoms with van der Waals surface area (Å²) in [6, 6.07) is 4.25. The largest absolute Gasteiger partial charge is 0.378 e. The maximum atomic E-state index is 14.2. The van der Waals surface area contributed by atoms with Gasteiger partial charge in [-0.2, -0.15) is 0 Å². The fourth-order valence-corrected chi connectivity index (χ4v) is 2.42. The number of nitro groups is 1. The lowest BCUT2D eigenvalue weighted by atomic mass is 10.1. The van der Waals surface area contributed by atoms with Crippen LogP contribution >= 0.6 is 0 Å². The number of benzene rings is 1. The van der Waals surface area contributed by atoms with Gasteiger partial charge >= 0.3 is 0 Å². The molecule has 1 aliphatic rings. The number of nitrogens with zero attached hydrogens (tertiary/aromatic N) is 2. The molecule has 1 aliphatic carbocycles. The minimum Gasteiger partial charge on any atom is -0.378 e. The predicted molar refractivity (Wildman–Crippen MR) is 74.1 cm³/mol. The number of halogens is 1. The predicted octanol–water partition coefficient (Wildman–Crippen LogP) is 3.41. The van der Waals surface area contributed by atoms with Crippen LogP contribution in [0.25, 0.3) is 10.9 Å². The minimum absolute atomic E-state index is 0.108. The summed E-state index contributed by atoms with van der Waals surface area (Å²) in [4.78, 5) is 14.5. The van der Waals surface area contributed by atoms with E-state index >= 15 is 0 Å². The van der Waals surface area contributed by atoms with E-state index in [0.717, 1.165) is 18.9 Å². The van der Waals surface area contributed by atoms with Gasteiger partial charge < -0.3 is 5.32 Å². The first-order valence-corrected chi connectivity index (χ1v) is 6.30. The number of hydrogen-bond acceptors (Lipinski definition) is 4. The van der Waals surface area contributed by atoms with Crippen molar-refractivity contribution < 1.29 is 9.31 Å². The van der Waals surface area contributed by atoms with Crippen LogP contribution < -0.4 is 5.32 Å². The second-order valence-corrected chi connectivity index (χ2v) is 4.69. The van der Waals surface area contributed by atoms with Gasteiger partial charge in [-0.3, -0.25) is 15.1 Å². The van der Waals surface area contributed by atoms with Gasteiger partial charge in [-0.1, -0.05) is 12.2 Å². The lowest BCUT2D eigenvalue weighted by molar-refractivity contribution is -0.383. The van der Waals surface area contributed by atoms with E-state index in [1.165, 1.54) is 6.20 Å². The molecule has 3 rings (SSSR count). The van der Waals surface area contributed by atoms with E-state index in [1.807, 2.05) is 12.2 Å². The molecule has 0 saturated heterocycles. The number of fused-ring (bicyclic) bond motifs is 1. The molecular formula is C14H12FN3O2. The summed E-state index contributed by atoms with van der Waals surface area (Å²) in [5.41, 5.74) is 0.270. The maximum Gasteiger partial charge on any atom is 0.281 e. The second-order valence-electron chi connectivity index (χ2n) is 4.69. The smallest absolute Gasteiger partial charge is 0.281 e. The van der Waals surface area contributed by atoms with E-state index in [0.29, 0.717) is 10.9 Å². The number of hydrogen-bond donors (Lipinski definition) is 1. The van der Waals surface area contributed by atoms with Crippen molar-refractivity contribution >= 4 is 22.3 Å². The van der Waals surface area contributed by atoms with Gasteiger partial charge in [0.25, 0.3) is 5.69 Å². The van der Waals surface area contributed by atoms with Crippen LogP contribution in [0.3, 0.4) is 0 Å². The van der Waals surface area contributed by atoms with E-state index in [1.54, 1.807) is 12.1 Å². The Kier molecular flexibility index (Phi) is 3.06. The quantitative estimate of drug-likeness (QED) is 0.528. The number of nitrogens with one attached hydrogen (secondary N) is 1. The number of pyridine rings is 1. The van der Waals surface area contributed by atoms with E-state index < -0.39 is 10.7 Å². The van der Waals surface area contributed by atoms with Crippen molar-refractivity contribution in [3.8, 4) is 0 Å². The van der Waals surface area contributed by atoms with Crippen LogP contribution in [-0.4, -0.2) is 15.9 Å². The van der Waals surface area contributed by atoms with Gasteiger partial charge in [0.05, 0.1) is 22.1 Å². The SMILES string of the molecule is O=[N+]([O-])c1cc(F)c(NC2CC=CC2)c2ncccc12. The number of anilines is 1. The molecule has 0 saturated carbocycles. The molecule has 20 heavy (non-hydrogen) atoms. The highest BCUT2D eigenvalue weighted by molar-refractivity contribution is 5.97. The topological polar surface area (TPSA) is 68.1 Å². The van der Waals surface area contributed by atoms with Gasteiger partial charge in [0.1, 0.15) is 5.52 Å². The molecule has 0 bridgehead atoms. The molecular weight excluding hydrogens is 261 g/mol. The molecule has 0 amide bonds. The third-order valence-corrected chi connectivity index (χ3v) is 3.38. The number of non-ortho nitro benzene ring substituents is 1. The molecule has 6 heteroatoms. The average Bonchev–Trinajstić information content (AvgIpc) is 2.94. The third-order valence-electron chi connectivity index (χ3n) is 3.38. The van der Waals surface area contributed by atoms with E-state index in [4.69, 9.17) is 0 Å². The van der Waals surface area contributed by atoms with Gasteiger partial charge in [0.2, 0.25) is 0 Å². The van der Waals surface area contributed by atoms with E-state index in [-0.39, 0.29) is 17.4 Å². The van der Waals surface area contributed by atoms with Crippen LogP contribution in [0.2, 0.25) is 0 Å². The lowest BCUT2D eigenvalue weighted by Crippen LogP contribution is -2.16. The molecule has 1 aromatic carbocycles. The first-order chi connectivity index (χ1) is 9.66. The Morgan fingerprint density at radius 2 is 2.15 bits per heavy atom. The Labute approximate surface area is 114 Å². The highest BCUT2D eigenvalue weighted by Gasteiger charge is 2.22. The molecule has 0 atom stereocenters. The Morgan fingerprint density at radius 1 is 1.40 bits per heavy atom. The minimum atomic E-state index is -0.644. The highest BCUT2D eigenvalue weighted by Crippen LogP contribution is 2.33. The second kappa shape index (κ2) is 4.88. The number of aromatic nitrogens is 1. The maximum absolute atomic E-state index is 14.2. The molecule has 5 nitrogen and oxygen atoms in total. The summed E-state index contributed by atoms with van der Waals surface area (Å²) in [5, 5.41) is 14.4. The van der Waals surface area contributed by atoms with Crippen LogP contribution in [0.15, 0.2) is 36.5 Å². The Hall–Kier alpha value is -2.50. The molecule has 2 aromatic rings. The molecule has 0 radical (unpaired) electrons. The third kappa shape index (κ3) is 2.09. The Balaban J connectivity index is 2.14. The lowest BCUT2D eigenvalue weighted by Gasteiger charge is -2.16. The van der Waals surface area contributed by atoms with Crippen molar-refractivity contribution in [3.05, 3.63) is 52.5 Å². The molecule has 1 heterocycles. The molecule has 1 N–H and O–H groups in total. The monoisotopic (exact) mass is 273 g/mol. The van der Waals surface area contributed by atoms with Crippen molar-refractivity contribution in [1.29, 1.82) is 0 Å². The summed E-state index contributed by atoms with van der Waals surface area (Å²) < 4.78 is 14.2. The van der Waals surface area contributed by atoms with E-state index in [9.17, 15) is 14.5 Å². The van der Waals surface area contributed by atoms with Crippen LogP contribution in [0, 0.1) is 15.9 Å². The zero-order valence-corrected chi connectivity index (χ0v) is 10.5. The fourth-order valence-electron chi connectivity index (χ4n) is 2.42. The average molecular weight is 273 g/mol. The summed E-state index contributed by atoms with van der Waals surface area (Å²) in [7, 11) is 0. The number of nitro benzene ring substituents is 1. The first-order valence-electron chi connectivity index (χ1n) is 6.30. The molecule has 1 aromatic heterocycles. The number of rotatable bonds is 3. The molecule has 0 spiro atoms. The summed E-state index contributed by atoms with van der Waals surface area (Å²) in [6.07, 6.45) is 7.17. The Bertz CT molecular complexity index is 707. The summed E-state index contributed by atoms with van der Waals surface area (Å²) >= 11 is 0. The van der Waals surface area contributed by atoms with Crippen LogP contribution in [0.1, 0.15) is 12.8 Å². The molecule has 0 aliphatic heterocycles. The van der Waals surface area contributed by atoms with Crippen LogP contribution in [0.4, 0.5) is 15.8 Å². The Morgan fingerprint density at radius 3 is 2.85 bits per heavy atom. The van der Waals surface area contributed by atoms with Gasteiger partial charge in [0.15, 0.2) is 5.82 Å². The molecule has 0 fully saturated rings. The highest BCUT2D eigenvalue weighted by atomic mass is 19.1. The van der Waals surface area contributed by atoms with Gasteiger partial charge in [0, 0.05) is 12.2 Å². The van der Waals surface area contributed by atoms with Crippen molar-refractivity contribution in [3.63, 3.8) is 0 Å². The van der Waals surface area contributed by atoms with Crippen LogP contribution in [-0.2, 0) is 0 Å². The summed E-state index contributed by atoms with van der Waals surface area (Å²) in [5.74, 6) is -0.644. The van der Waals surface area contributed by atoms with E-state index in [2.05, 4.69) is 10.3 Å². The molecule has 0 unspecified atom stereocenters. The zero-order chi connectivity index (χ0) is 14.1. The first kappa shape index (κ1) is 12.5. The summed E-state index contributed by atoms with van der Waals surface area (Å²) in [6.45, 7) is 0. The van der Waals surface area contributed by atoms with Crippen molar-refractivity contribution in [2.45, 2.75) is 18.9 Å². The van der Waals surface area contributed by atoms with Crippen LogP contribution in [0.5, 0.6) is 0 Å². The van der Waals surface area contributed by atoms with Gasteiger partial charge in [-0.15, -0.1) is 0 Å². The van der Waals surface area contributed by atoms with Gasteiger partial charge in [-0.05, 0) is 25.0 Å².